The van der Waals surface area contributed by atoms with Crippen molar-refractivity contribution in [1.29, 1.82) is 0 Å². The van der Waals surface area contributed by atoms with Crippen molar-refractivity contribution in [2.45, 2.75) is 46.6 Å². The first-order valence-corrected chi connectivity index (χ1v) is 9.80. The number of fused-ring (bicyclic) bond motifs is 1. The maximum atomic E-state index is 13.0. The van der Waals surface area contributed by atoms with Crippen molar-refractivity contribution in [1.82, 2.24) is 10.3 Å². The summed E-state index contributed by atoms with van der Waals surface area (Å²) in [6.07, 6.45) is 0.743. The lowest BCUT2D eigenvalue weighted by Gasteiger charge is -2.39. The van der Waals surface area contributed by atoms with Crippen molar-refractivity contribution in [3.8, 4) is 16.9 Å². The highest BCUT2D eigenvalue weighted by atomic mass is 16.5. The van der Waals surface area contributed by atoms with E-state index in [2.05, 4.69) is 10.3 Å². The number of nitrogen functional groups attached to an aromatic ring is 1. The molecule has 154 valence electrons. The number of carbonyl (C=O) groups is 2. The van der Waals surface area contributed by atoms with Gasteiger partial charge in [-0.15, -0.1) is 0 Å². The van der Waals surface area contributed by atoms with Crippen LogP contribution in [0.4, 0.5) is 11.5 Å². The van der Waals surface area contributed by atoms with Crippen LogP contribution in [0.3, 0.4) is 0 Å². The molecule has 0 bridgehead atoms. The number of aryl methyl sites for hydroxylation is 2. The van der Waals surface area contributed by atoms with E-state index < -0.39 is 5.60 Å². The Balaban J connectivity index is 2.08. The maximum absolute atomic E-state index is 13.0. The van der Waals surface area contributed by atoms with Crippen molar-refractivity contribution >= 4 is 23.3 Å². The van der Waals surface area contributed by atoms with Crippen LogP contribution in [0.5, 0.6) is 5.75 Å². The second-order valence-corrected chi connectivity index (χ2v) is 7.77. The van der Waals surface area contributed by atoms with Crippen LogP contribution in [0.1, 0.15) is 39.0 Å². The second kappa shape index (κ2) is 7.73. The van der Waals surface area contributed by atoms with E-state index in [9.17, 15) is 9.59 Å². The number of hydrogen-bond donors (Lipinski definition) is 2. The zero-order chi connectivity index (χ0) is 21.3. The van der Waals surface area contributed by atoms with Gasteiger partial charge in [0.25, 0.3) is 5.91 Å². The molecule has 0 atom stereocenters. The number of amides is 2. The minimum atomic E-state index is -0.974. The molecule has 7 nitrogen and oxygen atoms in total. The number of rotatable bonds is 5. The molecule has 2 heterocycles. The summed E-state index contributed by atoms with van der Waals surface area (Å²) in [5.74, 6) is 0.865. The number of aromatic nitrogens is 1. The summed E-state index contributed by atoms with van der Waals surface area (Å²) >= 11 is 0. The highest BCUT2D eigenvalue weighted by Gasteiger charge is 2.40. The summed E-state index contributed by atoms with van der Waals surface area (Å²) in [5, 5.41) is 2.75. The molecule has 1 aromatic heterocycles. The molecule has 0 saturated heterocycles. The van der Waals surface area contributed by atoms with E-state index in [1.165, 1.54) is 6.92 Å². The first kappa shape index (κ1) is 20.6. The summed E-state index contributed by atoms with van der Waals surface area (Å²) in [7, 11) is 0. The highest BCUT2D eigenvalue weighted by molar-refractivity contribution is 6.03. The lowest BCUT2D eigenvalue weighted by atomic mass is 9.95. The van der Waals surface area contributed by atoms with Crippen LogP contribution in [0.25, 0.3) is 11.1 Å². The zero-order valence-electron chi connectivity index (χ0n) is 17.6. The molecule has 2 aromatic rings. The molecule has 3 N–H and O–H groups in total. The van der Waals surface area contributed by atoms with E-state index in [1.807, 2.05) is 38.1 Å². The molecule has 0 saturated carbocycles. The molecular formula is C22H28N4O3. The van der Waals surface area contributed by atoms with Crippen LogP contribution in [0.2, 0.25) is 0 Å². The average Bonchev–Trinajstić information content (AvgIpc) is 2.63. The van der Waals surface area contributed by atoms with Crippen LogP contribution in [-0.2, 0) is 16.0 Å². The third-order valence-corrected chi connectivity index (χ3v) is 5.02. The van der Waals surface area contributed by atoms with Crippen LogP contribution < -0.4 is 20.7 Å². The Hall–Kier alpha value is -3.09. The third kappa shape index (κ3) is 4.04. The Kier molecular flexibility index (Phi) is 5.50. The van der Waals surface area contributed by atoms with Gasteiger partial charge >= 0.3 is 0 Å². The Morgan fingerprint density at radius 3 is 2.69 bits per heavy atom. The highest BCUT2D eigenvalue weighted by Crippen LogP contribution is 2.41. The molecule has 1 aliphatic rings. The van der Waals surface area contributed by atoms with Gasteiger partial charge in [-0.05, 0) is 56.5 Å². The largest absolute Gasteiger partial charge is 0.476 e. The fourth-order valence-electron chi connectivity index (χ4n) is 3.70. The van der Waals surface area contributed by atoms with Gasteiger partial charge in [0.15, 0.2) is 5.60 Å². The number of nitrogens with zero attached hydrogens (tertiary/aromatic N) is 2. The Labute approximate surface area is 171 Å². The molecule has 0 fully saturated rings. The SMILES string of the molecule is CCc1nc(N)cc(C)c1-c1ccc2c(c1)N(CCNC(C)=O)C(=O)C(C)(C)O2. The monoisotopic (exact) mass is 396 g/mol. The topological polar surface area (TPSA) is 97.5 Å². The molecule has 29 heavy (non-hydrogen) atoms. The van der Waals surface area contributed by atoms with E-state index in [1.54, 1.807) is 18.7 Å². The van der Waals surface area contributed by atoms with E-state index >= 15 is 0 Å². The quantitative estimate of drug-likeness (QED) is 0.810. The molecule has 3 rings (SSSR count). The van der Waals surface area contributed by atoms with E-state index in [4.69, 9.17) is 10.5 Å². The van der Waals surface area contributed by atoms with Gasteiger partial charge in [0.1, 0.15) is 11.6 Å². The summed E-state index contributed by atoms with van der Waals surface area (Å²) in [6, 6.07) is 7.68. The van der Waals surface area contributed by atoms with Crippen molar-refractivity contribution in [2.24, 2.45) is 0 Å². The van der Waals surface area contributed by atoms with Crippen molar-refractivity contribution in [3.05, 3.63) is 35.5 Å². The minimum absolute atomic E-state index is 0.130. The van der Waals surface area contributed by atoms with Gasteiger partial charge in [-0.25, -0.2) is 4.98 Å². The average molecular weight is 396 g/mol. The van der Waals surface area contributed by atoms with Crippen LogP contribution in [-0.4, -0.2) is 35.5 Å². The van der Waals surface area contributed by atoms with Crippen LogP contribution in [0.15, 0.2) is 24.3 Å². The van der Waals surface area contributed by atoms with E-state index in [-0.39, 0.29) is 11.8 Å². The second-order valence-electron chi connectivity index (χ2n) is 7.77. The predicted octanol–water partition coefficient (Wildman–Crippen LogP) is 2.84. The number of pyridine rings is 1. The number of ether oxygens (including phenoxy) is 1. The van der Waals surface area contributed by atoms with Gasteiger partial charge in [-0.3, -0.25) is 9.59 Å². The first-order valence-electron chi connectivity index (χ1n) is 9.80. The molecule has 1 aliphatic heterocycles. The van der Waals surface area contributed by atoms with Crippen molar-refractivity contribution in [2.75, 3.05) is 23.7 Å². The van der Waals surface area contributed by atoms with Gasteiger partial charge in [-0.2, -0.15) is 0 Å². The van der Waals surface area contributed by atoms with Gasteiger partial charge in [-0.1, -0.05) is 13.0 Å². The molecule has 0 unspecified atom stereocenters. The Morgan fingerprint density at radius 2 is 2.03 bits per heavy atom. The number of carbonyl (C=O) groups excluding carboxylic acids is 2. The molecule has 0 aliphatic carbocycles. The van der Waals surface area contributed by atoms with Crippen molar-refractivity contribution < 1.29 is 14.3 Å². The number of nitrogens with one attached hydrogen (secondary N) is 1. The predicted molar refractivity (Wildman–Crippen MR) is 114 cm³/mol. The third-order valence-electron chi connectivity index (χ3n) is 5.02. The minimum Gasteiger partial charge on any atom is -0.476 e. The number of hydrogen-bond acceptors (Lipinski definition) is 5. The number of anilines is 2. The molecule has 1 aromatic carbocycles. The molecule has 7 heteroatoms. The number of benzene rings is 1. The lowest BCUT2D eigenvalue weighted by Crippen LogP contribution is -2.54. The fraction of sp³-hybridized carbons (Fsp3) is 0.409. The Morgan fingerprint density at radius 1 is 1.31 bits per heavy atom. The number of nitrogens with two attached hydrogens (primary N) is 1. The van der Waals surface area contributed by atoms with Crippen molar-refractivity contribution in [3.63, 3.8) is 0 Å². The smallest absolute Gasteiger partial charge is 0.270 e. The molecule has 0 spiro atoms. The van der Waals surface area contributed by atoms with Gasteiger partial charge in [0.05, 0.1) is 11.4 Å². The lowest BCUT2D eigenvalue weighted by molar-refractivity contribution is -0.132. The van der Waals surface area contributed by atoms with E-state index in [0.717, 1.165) is 28.8 Å². The first-order chi connectivity index (χ1) is 13.6. The molecular weight excluding hydrogens is 368 g/mol. The standard InChI is InChI=1S/C22H28N4O3/c1-6-16-20(13(2)11-19(23)25-16)15-7-8-18-17(12-15)26(10-9-24-14(3)27)21(28)22(4,5)29-18/h7-8,11-12H,6,9-10H2,1-5H3,(H2,23,25)(H,24,27). The summed E-state index contributed by atoms with van der Waals surface area (Å²) < 4.78 is 5.97. The van der Waals surface area contributed by atoms with Gasteiger partial charge in [0.2, 0.25) is 5.91 Å². The van der Waals surface area contributed by atoms with Crippen LogP contribution in [0, 0.1) is 6.92 Å². The van der Waals surface area contributed by atoms with Gasteiger partial charge < -0.3 is 20.7 Å². The maximum Gasteiger partial charge on any atom is 0.270 e. The van der Waals surface area contributed by atoms with E-state index in [0.29, 0.717) is 30.3 Å². The van der Waals surface area contributed by atoms with Crippen LogP contribution >= 0.6 is 0 Å². The summed E-state index contributed by atoms with van der Waals surface area (Å²) in [5.41, 5.74) is 9.55. The zero-order valence-corrected chi connectivity index (χ0v) is 17.6. The fourth-order valence-corrected chi connectivity index (χ4v) is 3.70. The summed E-state index contributed by atoms with van der Waals surface area (Å²) in [4.78, 5) is 30.5. The molecule has 0 radical (unpaired) electrons. The molecule has 2 amide bonds. The van der Waals surface area contributed by atoms with Gasteiger partial charge in [0, 0.05) is 25.6 Å². The summed E-state index contributed by atoms with van der Waals surface area (Å²) in [6.45, 7) is 9.73. The Bertz CT molecular complexity index is 969. The normalized spacial score (nSPS) is 14.9.